The number of hydrogen-bond acceptors (Lipinski definition) is 4. The maximum atomic E-state index is 11.1. The van der Waals surface area contributed by atoms with Crippen molar-refractivity contribution in [2.75, 3.05) is 7.11 Å². The molecule has 0 N–H and O–H groups in total. The fourth-order valence-electron chi connectivity index (χ4n) is 0.859. The molecular formula is C8H9ClN2O2. The Balaban J connectivity index is 2.83. The van der Waals surface area contributed by atoms with Crippen molar-refractivity contribution in [2.24, 2.45) is 0 Å². The van der Waals surface area contributed by atoms with Crippen molar-refractivity contribution in [3.05, 3.63) is 23.2 Å². The fourth-order valence-corrected chi connectivity index (χ4v) is 0.956. The Morgan fingerprint density at radius 3 is 2.54 bits per heavy atom. The van der Waals surface area contributed by atoms with Gasteiger partial charge in [-0.3, -0.25) is 4.79 Å². The van der Waals surface area contributed by atoms with E-state index in [1.54, 1.807) is 6.92 Å². The molecule has 1 unspecified atom stereocenters. The highest BCUT2D eigenvalue weighted by Crippen LogP contribution is 2.14. The van der Waals surface area contributed by atoms with Crippen LogP contribution in [0, 0.1) is 0 Å². The van der Waals surface area contributed by atoms with E-state index in [0.29, 0.717) is 5.56 Å². The second-order valence-corrected chi connectivity index (χ2v) is 2.87. The predicted octanol–water partition coefficient (Wildman–Crippen LogP) is 1.41. The quantitative estimate of drug-likeness (QED) is 0.535. The normalized spacial score (nSPS) is 12.2. The summed E-state index contributed by atoms with van der Waals surface area (Å²) in [6, 6.07) is 0. The number of hydrogen-bond donors (Lipinski definition) is 0. The van der Waals surface area contributed by atoms with E-state index in [4.69, 9.17) is 11.6 Å². The van der Waals surface area contributed by atoms with E-state index in [1.165, 1.54) is 19.5 Å². The maximum absolute atomic E-state index is 11.1. The topological polar surface area (TPSA) is 52.1 Å². The van der Waals surface area contributed by atoms with Crippen molar-refractivity contribution in [2.45, 2.75) is 12.8 Å². The molecule has 1 atom stereocenters. The average molecular weight is 201 g/mol. The lowest BCUT2D eigenvalue weighted by molar-refractivity contribution is -0.142. The molecule has 0 aliphatic heterocycles. The van der Waals surface area contributed by atoms with Gasteiger partial charge in [0.15, 0.2) is 0 Å². The van der Waals surface area contributed by atoms with Gasteiger partial charge in [0.05, 0.1) is 13.0 Å². The third-order valence-corrected chi connectivity index (χ3v) is 1.89. The largest absolute Gasteiger partial charge is 0.469 e. The minimum Gasteiger partial charge on any atom is -0.469 e. The van der Waals surface area contributed by atoms with Crippen molar-refractivity contribution in [3.63, 3.8) is 0 Å². The molecular weight excluding hydrogens is 192 g/mol. The molecule has 1 rings (SSSR count). The van der Waals surface area contributed by atoms with Gasteiger partial charge in [-0.1, -0.05) is 0 Å². The summed E-state index contributed by atoms with van der Waals surface area (Å²) in [4.78, 5) is 18.6. The number of ether oxygens (including phenoxy) is 1. The molecule has 0 spiro atoms. The van der Waals surface area contributed by atoms with E-state index >= 15 is 0 Å². The van der Waals surface area contributed by atoms with Crippen LogP contribution in [0.1, 0.15) is 18.4 Å². The number of methoxy groups -OCH3 is 1. The Labute approximate surface area is 80.9 Å². The van der Waals surface area contributed by atoms with Gasteiger partial charge in [0.2, 0.25) is 5.28 Å². The molecule has 1 heterocycles. The van der Waals surface area contributed by atoms with E-state index in [1.807, 2.05) is 0 Å². The summed E-state index contributed by atoms with van der Waals surface area (Å²) in [5, 5.41) is 0.167. The third kappa shape index (κ3) is 2.39. The van der Waals surface area contributed by atoms with Crippen LogP contribution in [0.5, 0.6) is 0 Å². The molecule has 0 saturated carbocycles. The zero-order chi connectivity index (χ0) is 9.84. The van der Waals surface area contributed by atoms with Gasteiger partial charge in [-0.2, -0.15) is 0 Å². The van der Waals surface area contributed by atoms with Crippen LogP contribution in [0.15, 0.2) is 12.4 Å². The number of carbonyl (C=O) groups is 1. The molecule has 0 radical (unpaired) electrons. The molecule has 0 bridgehead atoms. The molecule has 70 valence electrons. The van der Waals surface area contributed by atoms with Crippen LogP contribution in [0.4, 0.5) is 0 Å². The Kier molecular flexibility index (Phi) is 3.19. The van der Waals surface area contributed by atoms with Crippen molar-refractivity contribution in [1.29, 1.82) is 0 Å². The van der Waals surface area contributed by atoms with E-state index in [-0.39, 0.29) is 17.2 Å². The fraction of sp³-hybridized carbons (Fsp3) is 0.375. The summed E-state index contributed by atoms with van der Waals surface area (Å²) in [6.07, 6.45) is 3.02. The second kappa shape index (κ2) is 4.18. The number of halogens is 1. The van der Waals surface area contributed by atoms with Crippen molar-refractivity contribution >= 4 is 17.6 Å². The van der Waals surface area contributed by atoms with Gasteiger partial charge in [0.1, 0.15) is 0 Å². The van der Waals surface area contributed by atoms with Crippen molar-refractivity contribution < 1.29 is 9.53 Å². The SMILES string of the molecule is COC(=O)C(C)c1cnc(Cl)nc1. The lowest BCUT2D eigenvalue weighted by Crippen LogP contribution is -2.11. The maximum Gasteiger partial charge on any atom is 0.312 e. The zero-order valence-corrected chi connectivity index (χ0v) is 8.08. The van der Waals surface area contributed by atoms with Gasteiger partial charge in [-0.15, -0.1) is 0 Å². The first-order chi connectivity index (χ1) is 6.15. The summed E-state index contributed by atoms with van der Waals surface area (Å²) < 4.78 is 4.57. The third-order valence-electron chi connectivity index (χ3n) is 1.70. The molecule has 0 aromatic carbocycles. The number of carbonyl (C=O) groups excluding carboxylic acids is 1. The Hall–Kier alpha value is -1.16. The number of esters is 1. The highest BCUT2D eigenvalue weighted by molar-refractivity contribution is 6.28. The standard InChI is InChI=1S/C8H9ClN2O2/c1-5(7(12)13-2)6-3-10-8(9)11-4-6/h3-5H,1-2H3. The number of rotatable bonds is 2. The summed E-state index contributed by atoms with van der Waals surface area (Å²) in [6.45, 7) is 1.72. The highest BCUT2D eigenvalue weighted by Gasteiger charge is 2.15. The molecule has 1 aromatic rings. The van der Waals surface area contributed by atoms with Crippen LogP contribution in [0.2, 0.25) is 5.28 Å². The van der Waals surface area contributed by atoms with Crippen LogP contribution in [0.25, 0.3) is 0 Å². The molecule has 1 aromatic heterocycles. The molecule has 0 aliphatic carbocycles. The minimum absolute atomic E-state index is 0.167. The second-order valence-electron chi connectivity index (χ2n) is 2.53. The molecule has 0 aliphatic rings. The van der Waals surface area contributed by atoms with Gasteiger partial charge in [-0.25, -0.2) is 9.97 Å². The molecule has 13 heavy (non-hydrogen) atoms. The zero-order valence-electron chi connectivity index (χ0n) is 7.32. The summed E-state index contributed by atoms with van der Waals surface area (Å²) in [5.74, 6) is -0.673. The van der Waals surface area contributed by atoms with Gasteiger partial charge in [-0.05, 0) is 18.5 Å². The molecule has 0 amide bonds. The van der Waals surface area contributed by atoms with Gasteiger partial charge >= 0.3 is 5.97 Å². The van der Waals surface area contributed by atoms with Crippen LogP contribution in [0.3, 0.4) is 0 Å². The average Bonchev–Trinajstić information content (AvgIpc) is 2.17. The monoisotopic (exact) mass is 200 g/mol. The first-order valence-electron chi connectivity index (χ1n) is 3.70. The lowest BCUT2D eigenvalue weighted by Gasteiger charge is -2.07. The lowest BCUT2D eigenvalue weighted by atomic mass is 10.1. The van der Waals surface area contributed by atoms with Crippen LogP contribution < -0.4 is 0 Å². The van der Waals surface area contributed by atoms with Crippen LogP contribution in [-0.2, 0) is 9.53 Å². The van der Waals surface area contributed by atoms with Crippen LogP contribution >= 0.6 is 11.6 Å². The van der Waals surface area contributed by atoms with Crippen molar-refractivity contribution in [1.82, 2.24) is 9.97 Å². The van der Waals surface area contributed by atoms with Gasteiger partial charge in [0, 0.05) is 18.0 Å². The Bertz CT molecular complexity index is 300. The van der Waals surface area contributed by atoms with Crippen LogP contribution in [-0.4, -0.2) is 23.0 Å². The molecule has 5 heteroatoms. The summed E-state index contributed by atoms with van der Waals surface area (Å²) in [5.41, 5.74) is 0.691. The van der Waals surface area contributed by atoms with E-state index < -0.39 is 0 Å². The Morgan fingerprint density at radius 1 is 1.54 bits per heavy atom. The first kappa shape index (κ1) is 9.92. The van der Waals surface area contributed by atoms with E-state index in [0.717, 1.165) is 0 Å². The highest BCUT2D eigenvalue weighted by atomic mass is 35.5. The van der Waals surface area contributed by atoms with Gasteiger partial charge in [0.25, 0.3) is 0 Å². The molecule has 0 fully saturated rings. The predicted molar refractivity (Wildman–Crippen MR) is 47.5 cm³/mol. The minimum atomic E-state index is -0.359. The Morgan fingerprint density at radius 2 is 2.08 bits per heavy atom. The summed E-state index contributed by atoms with van der Waals surface area (Å²) >= 11 is 5.49. The van der Waals surface area contributed by atoms with E-state index in [2.05, 4.69) is 14.7 Å². The molecule has 0 saturated heterocycles. The van der Waals surface area contributed by atoms with Gasteiger partial charge < -0.3 is 4.74 Å². The first-order valence-corrected chi connectivity index (χ1v) is 4.08. The number of nitrogens with zero attached hydrogens (tertiary/aromatic N) is 2. The number of aromatic nitrogens is 2. The van der Waals surface area contributed by atoms with Crippen molar-refractivity contribution in [3.8, 4) is 0 Å². The molecule has 4 nitrogen and oxygen atoms in total. The summed E-state index contributed by atoms with van der Waals surface area (Å²) in [7, 11) is 1.34. The van der Waals surface area contributed by atoms with E-state index in [9.17, 15) is 4.79 Å². The smallest absolute Gasteiger partial charge is 0.312 e.